The van der Waals surface area contributed by atoms with Gasteiger partial charge in [0.15, 0.2) is 0 Å². The van der Waals surface area contributed by atoms with E-state index < -0.39 is 6.09 Å². The van der Waals surface area contributed by atoms with Gasteiger partial charge in [0.1, 0.15) is 17.4 Å². The van der Waals surface area contributed by atoms with Gasteiger partial charge in [-0.25, -0.2) is 9.78 Å². The maximum absolute atomic E-state index is 11.6. The molecule has 0 aliphatic rings. The zero-order valence-corrected chi connectivity index (χ0v) is 16.1. The first-order valence-corrected chi connectivity index (χ1v) is 9.15. The van der Waals surface area contributed by atoms with Crippen molar-refractivity contribution in [3.63, 3.8) is 0 Å². The average molecular weight is 370 g/mol. The number of nitrogens with one attached hydrogen (secondary N) is 1. The van der Waals surface area contributed by atoms with E-state index in [4.69, 9.17) is 9.47 Å². The zero-order valence-electron chi connectivity index (χ0n) is 15.3. The summed E-state index contributed by atoms with van der Waals surface area (Å²) in [5.41, 5.74) is 2.52. The number of amides is 1. The minimum atomic E-state index is -0.487. The Labute approximate surface area is 157 Å². The van der Waals surface area contributed by atoms with Gasteiger partial charge >= 0.3 is 6.09 Å². The number of aromatic nitrogens is 1. The van der Waals surface area contributed by atoms with Crippen LogP contribution >= 0.6 is 11.3 Å². The maximum atomic E-state index is 11.6. The minimum Gasteiger partial charge on any atom is -0.486 e. The van der Waals surface area contributed by atoms with Gasteiger partial charge in [0.05, 0.1) is 17.3 Å². The molecule has 0 radical (unpaired) electrons. The number of rotatable bonds is 4. The van der Waals surface area contributed by atoms with Crippen LogP contribution in [0.5, 0.6) is 5.75 Å². The smallest absolute Gasteiger partial charge is 0.411 e. The van der Waals surface area contributed by atoms with E-state index in [0.29, 0.717) is 6.61 Å². The van der Waals surface area contributed by atoms with Gasteiger partial charge in [-0.05, 0) is 41.3 Å². The molecule has 0 aliphatic heterocycles. The number of nitrogens with zero attached hydrogens (tertiary/aromatic N) is 1. The number of para-hydroxylation sites is 1. The van der Waals surface area contributed by atoms with Gasteiger partial charge < -0.3 is 9.47 Å². The number of carbonyl (C=O) groups excluding carboxylic acids is 1. The predicted octanol–water partition coefficient (Wildman–Crippen LogP) is 5.35. The molecule has 0 unspecified atom stereocenters. The molecule has 6 heteroatoms. The molecule has 0 atom stereocenters. The van der Waals surface area contributed by atoms with Gasteiger partial charge in [-0.15, -0.1) is 11.3 Å². The predicted molar refractivity (Wildman–Crippen MR) is 105 cm³/mol. The number of fused-ring (bicyclic) bond motifs is 1. The van der Waals surface area contributed by atoms with E-state index in [1.165, 1.54) is 7.11 Å². The fourth-order valence-corrected chi connectivity index (χ4v) is 3.51. The maximum Gasteiger partial charge on any atom is 0.411 e. The molecule has 1 N–H and O–H groups in total. The molecule has 0 bridgehead atoms. The van der Waals surface area contributed by atoms with Crippen molar-refractivity contribution in [3.05, 3.63) is 53.0 Å². The summed E-state index contributed by atoms with van der Waals surface area (Å²) in [6.07, 6.45) is -0.487. The Kier molecular flexibility index (Phi) is 5.13. The Hall–Kier alpha value is -2.60. The first-order valence-electron chi connectivity index (χ1n) is 8.33. The zero-order chi connectivity index (χ0) is 18.7. The van der Waals surface area contributed by atoms with Gasteiger partial charge in [0.2, 0.25) is 0 Å². The van der Waals surface area contributed by atoms with E-state index in [9.17, 15) is 4.79 Å². The molecule has 3 rings (SSSR count). The second kappa shape index (κ2) is 7.33. The number of carbonyl (C=O) groups is 1. The molecule has 0 fully saturated rings. The van der Waals surface area contributed by atoms with E-state index in [1.54, 1.807) is 11.3 Å². The SMILES string of the molecule is COC(=O)Nc1ccc(OCc2nc3ccccc3s2)cc1C(C)(C)C. The van der Waals surface area contributed by atoms with Crippen molar-refractivity contribution in [2.75, 3.05) is 12.4 Å². The third-order valence-electron chi connectivity index (χ3n) is 3.92. The van der Waals surface area contributed by atoms with E-state index in [-0.39, 0.29) is 5.41 Å². The number of thiazole rings is 1. The highest BCUT2D eigenvalue weighted by atomic mass is 32.1. The highest BCUT2D eigenvalue weighted by Crippen LogP contribution is 2.33. The summed E-state index contributed by atoms with van der Waals surface area (Å²) < 4.78 is 11.8. The van der Waals surface area contributed by atoms with Gasteiger partial charge in [-0.2, -0.15) is 0 Å². The number of ether oxygens (including phenoxy) is 2. The molecular formula is C20H22N2O3S. The molecule has 0 aliphatic carbocycles. The van der Waals surface area contributed by atoms with Crippen LogP contribution in [-0.2, 0) is 16.8 Å². The molecule has 0 spiro atoms. The largest absolute Gasteiger partial charge is 0.486 e. The summed E-state index contributed by atoms with van der Waals surface area (Å²) in [6.45, 7) is 6.67. The first-order chi connectivity index (χ1) is 12.4. The van der Waals surface area contributed by atoms with Crippen LogP contribution < -0.4 is 10.1 Å². The summed E-state index contributed by atoms with van der Waals surface area (Å²) >= 11 is 1.63. The topological polar surface area (TPSA) is 60.5 Å². The van der Waals surface area contributed by atoms with E-state index >= 15 is 0 Å². The number of anilines is 1. The molecule has 0 saturated carbocycles. The third kappa shape index (κ3) is 4.14. The Morgan fingerprint density at radius 1 is 1.19 bits per heavy atom. The quantitative estimate of drug-likeness (QED) is 0.672. The van der Waals surface area contributed by atoms with Crippen LogP contribution in [0.2, 0.25) is 0 Å². The van der Waals surface area contributed by atoms with Crippen LogP contribution in [0.4, 0.5) is 10.5 Å². The monoisotopic (exact) mass is 370 g/mol. The van der Waals surface area contributed by atoms with Gasteiger partial charge in [-0.3, -0.25) is 5.32 Å². The second-order valence-electron chi connectivity index (χ2n) is 6.94. The molecule has 1 aromatic heterocycles. The molecule has 26 heavy (non-hydrogen) atoms. The third-order valence-corrected chi connectivity index (χ3v) is 4.93. The van der Waals surface area contributed by atoms with Crippen LogP contribution in [0.15, 0.2) is 42.5 Å². The molecule has 5 nitrogen and oxygen atoms in total. The van der Waals surface area contributed by atoms with Crippen molar-refractivity contribution in [1.82, 2.24) is 4.98 Å². The van der Waals surface area contributed by atoms with Crippen molar-refractivity contribution >= 4 is 33.3 Å². The van der Waals surface area contributed by atoms with Gasteiger partial charge in [0, 0.05) is 5.69 Å². The van der Waals surface area contributed by atoms with Crippen molar-refractivity contribution in [2.45, 2.75) is 32.8 Å². The van der Waals surface area contributed by atoms with Crippen LogP contribution in [0.1, 0.15) is 31.3 Å². The number of benzene rings is 2. The van der Waals surface area contributed by atoms with E-state index in [2.05, 4.69) is 37.1 Å². The molecular weight excluding hydrogens is 348 g/mol. The first kappa shape index (κ1) is 18.2. The number of hydrogen-bond donors (Lipinski definition) is 1. The van der Waals surface area contributed by atoms with Crippen LogP contribution in [-0.4, -0.2) is 18.2 Å². The average Bonchev–Trinajstić information content (AvgIpc) is 3.02. The van der Waals surface area contributed by atoms with Crippen molar-refractivity contribution < 1.29 is 14.3 Å². The summed E-state index contributed by atoms with van der Waals surface area (Å²) in [5, 5.41) is 3.69. The molecule has 2 aromatic carbocycles. The lowest BCUT2D eigenvalue weighted by Gasteiger charge is -2.23. The van der Waals surface area contributed by atoms with Crippen molar-refractivity contribution in [1.29, 1.82) is 0 Å². The summed E-state index contributed by atoms with van der Waals surface area (Å²) in [5.74, 6) is 0.740. The Balaban J connectivity index is 1.80. The molecule has 136 valence electrons. The Morgan fingerprint density at radius 3 is 2.65 bits per heavy atom. The Bertz CT molecular complexity index is 895. The lowest BCUT2D eigenvalue weighted by atomic mass is 9.85. The standard InChI is InChI=1S/C20H22N2O3S/c1-20(2,3)14-11-13(9-10-15(14)22-19(23)24-4)25-12-18-21-16-7-5-6-8-17(16)26-18/h5-11H,12H2,1-4H3,(H,22,23). The molecule has 3 aromatic rings. The normalized spacial score (nSPS) is 11.4. The highest BCUT2D eigenvalue weighted by Gasteiger charge is 2.20. The summed E-state index contributed by atoms with van der Waals surface area (Å²) in [4.78, 5) is 16.2. The highest BCUT2D eigenvalue weighted by molar-refractivity contribution is 7.18. The minimum absolute atomic E-state index is 0.161. The number of methoxy groups -OCH3 is 1. The molecule has 1 amide bonds. The van der Waals surface area contributed by atoms with Crippen LogP contribution in [0, 0.1) is 0 Å². The van der Waals surface area contributed by atoms with Crippen LogP contribution in [0.25, 0.3) is 10.2 Å². The lowest BCUT2D eigenvalue weighted by Crippen LogP contribution is -2.18. The van der Waals surface area contributed by atoms with Gasteiger partial charge in [0.25, 0.3) is 0 Å². The second-order valence-corrected chi connectivity index (χ2v) is 8.05. The summed E-state index contributed by atoms with van der Waals surface area (Å²) in [6, 6.07) is 13.7. The Morgan fingerprint density at radius 2 is 1.96 bits per heavy atom. The molecule has 0 saturated heterocycles. The van der Waals surface area contributed by atoms with E-state index in [0.717, 1.165) is 32.2 Å². The van der Waals surface area contributed by atoms with Gasteiger partial charge in [-0.1, -0.05) is 32.9 Å². The number of hydrogen-bond acceptors (Lipinski definition) is 5. The van der Waals surface area contributed by atoms with Crippen molar-refractivity contribution in [3.8, 4) is 5.75 Å². The van der Waals surface area contributed by atoms with Crippen LogP contribution in [0.3, 0.4) is 0 Å². The fourth-order valence-electron chi connectivity index (χ4n) is 2.63. The lowest BCUT2D eigenvalue weighted by molar-refractivity contribution is 0.187. The van der Waals surface area contributed by atoms with Crippen molar-refractivity contribution in [2.24, 2.45) is 0 Å². The molecule has 1 heterocycles. The summed E-state index contributed by atoms with van der Waals surface area (Å²) in [7, 11) is 1.35. The van der Waals surface area contributed by atoms with E-state index in [1.807, 2.05) is 36.4 Å². The fraction of sp³-hybridized carbons (Fsp3) is 0.300.